The fourth-order valence-corrected chi connectivity index (χ4v) is 8.41. The van der Waals surface area contributed by atoms with Crippen LogP contribution in [-0.2, 0) is 4.74 Å². The summed E-state index contributed by atoms with van der Waals surface area (Å²) in [7, 11) is 0. The van der Waals surface area contributed by atoms with Crippen molar-refractivity contribution in [2.45, 2.75) is 103 Å². The first-order valence-corrected chi connectivity index (χ1v) is 12.7. The third kappa shape index (κ3) is 3.61. The average Bonchev–Trinajstić information content (AvgIpc) is 3.03. The van der Waals surface area contributed by atoms with E-state index in [2.05, 4.69) is 19.2 Å². The second-order valence-electron chi connectivity index (χ2n) is 11.6. The highest BCUT2D eigenvalue weighted by Gasteiger charge is 2.66. The number of hydrogen-bond donors (Lipinski definition) is 4. The van der Waals surface area contributed by atoms with E-state index in [1.807, 2.05) is 6.92 Å². The number of ether oxygens (including phenoxy) is 1. The molecule has 9 atom stereocenters. The molecule has 4 saturated carbocycles. The molecule has 4 aliphatic rings. The third-order valence-corrected chi connectivity index (χ3v) is 10.6. The van der Waals surface area contributed by atoms with Gasteiger partial charge in [0, 0.05) is 5.41 Å². The molecule has 0 bridgehead atoms. The molecule has 0 radical (unpaired) electrons. The van der Waals surface area contributed by atoms with E-state index in [0.29, 0.717) is 36.6 Å². The van der Waals surface area contributed by atoms with Crippen molar-refractivity contribution in [3.63, 3.8) is 0 Å². The maximum Gasteiger partial charge on any atom is 0.407 e. The molecule has 6 heteroatoms. The summed E-state index contributed by atoms with van der Waals surface area (Å²) >= 11 is 0. The Kier molecular flexibility index (Phi) is 6.39. The molecule has 1 amide bonds. The van der Waals surface area contributed by atoms with Crippen LogP contribution in [0.3, 0.4) is 0 Å². The molecule has 178 valence electrons. The van der Waals surface area contributed by atoms with Crippen molar-refractivity contribution in [2.24, 2.45) is 40.2 Å². The van der Waals surface area contributed by atoms with Gasteiger partial charge in [-0.3, -0.25) is 0 Å². The second kappa shape index (κ2) is 8.49. The molecule has 0 unspecified atom stereocenters. The number of carbonyl (C=O) groups is 1. The first-order valence-electron chi connectivity index (χ1n) is 12.7. The molecule has 0 aromatic carbocycles. The minimum atomic E-state index is -0.569. The first-order chi connectivity index (χ1) is 14.7. The monoisotopic (exact) mass is 436 g/mol. The van der Waals surface area contributed by atoms with E-state index in [4.69, 9.17) is 10.5 Å². The summed E-state index contributed by atoms with van der Waals surface area (Å²) in [5.41, 5.74) is 5.73. The highest BCUT2D eigenvalue weighted by molar-refractivity contribution is 5.67. The van der Waals surface area contributed by atoms with Crippen molar-refractivity contribution in [3.8, 4) is 0 Å². The Hall–Kier alpha value is -0.850. The van der Waals surface area contributed by atoms with Gasteiger partial charge in [-0.05, 0) is 99.8 Å². The molecular weight excluding hydrogens is 392 g/mol. The van der Waals surface area contributed by atoms with Crippen LogP contribution in [-0.4, -0.2) is 47.2 Å². The first kappa shape index (κ1) is 23.3. The molecule has 0 aromatic rings. The summed E-state index contributed by atoms with van der Waals surface area (Å²) in [5.74, 6) is 1.91. The molecule has 31 heavy (non-hydrogen) atoms. The van der Waals surface area contributed by atoms with Crippen LogP contribution in [0.5, 0.6) is 0 Å². The van der Waals surface area contributed by atoms with Crippen LogP contribution in [0.4, 0.5) is 4.79 Å². The average molecular weight is 437 g/mol. The number of aliphatic hydroxyl groups excluding tert-OH is 1. The number of carbonyl (C=O) groups excluding carboxylic acids is 1. The second-order valence-corrected chi connectivity index (χ2v) is 11.6. The van der Waals surface area contributed by atoms with Crippen molar-refractivity contribution in [2.75, 3.05) is 13.2 Å². The fourth-order valence-electron chi connectivity index (χ4n) is 8.41. The summed E-state index contributed by atoms with van der Waals surface area (Å²) in [6.45, 7) is 7.32. The van der Waals surface area contributed by atoms with Gasteiger partial charge in [0.1, 0.15) is 6.10 Å². The largest absolute Gasteiger partial charge is 0.446 e. The summed E-state index contributed by atoms with van der Waals surface area (Å²) in [6, 6.07) is -0.238. The number of alkyl carbamates (subject to hydrolysis) is 1. The van der Waals surface area contributed by atoms with Crippen LogP contribution in [0.2, 0.25) is 0 Å². The molecular formula is C25H44N2O4. The molecule has 0 aromatic heterocycles. The fraction of sp³-hybridized carbons (Fsp3) is 0.960. The Balaban J connectivity index is 1.44. The SMILES string of the molecule is CC[C@H](CO)NC(=O)O[C@H]1CC[C@@]2(C)[C@H](CC[C@@H]3[C@@H]2CC[C@]2(C)[C@@H](CN)CC[C@]32O)C1. The van der Waals surface area contributed by atoms with Gasteiger partial charge in [0.05, 0.1) is 18.2 Å². The van der Waals surface area contributed by atoms with Gasteiger partial charge < -0.3 is 26.0 Å². The molecule has 0 saturated heterocycles. The van der Waals surface area contributed by atoms with Crippen LogP contribution >= 0.6 is 0 Å². The minimum Gasteiger partial charge on any atom is -0.446 e. The van der Waals surface area contributed by atoms with Crippen molar-refractivity contribution >= 4 is 6.09 Å². The predicted octanol–water partition coefficient (Wildman–Crippen LogP) is 3.58. The Bertz CT molecular complexity index is 670. The van der Waals surface area contributed by atoms with E-state index in [9.17, 15) is 15.0 Å². The zero-order valence-corrected chi connectivity index (χ0v) is 19.7. The molecule has 0 spiro atoms. The van der Waals surface area contributed by atoms with Gasteiger partial charge in [-0.1, -0.05) is 20.8 Å². The van der Waals surface area contributed by atoms with Crippen LogP contribution in [0, 0.1) is 34.5 Å². The van der Waals surface area contributed by atoms with Crippen LogP contribution < -0.4 is 11.1 Å². The van der Waals surface area contributed by atoms with Crippen LogP contribution in [0.25, 0.3) is 0 Å². The highest BCUT2D eigenvalue weighted by atomic mass is 16.6. The molecule has 4 fully saturated rings. The van der Waals surface area contributed by atoms with Gasteiger partial charge in [-0.15, -0.1) is 0 Å². The Morgan fingerprint density at radius 3 is 2.58 bits per heavy atom. The molecule has 0 aliphatic heterocycles. The van der Waals surface area contributed by atoms with E-state index in [-0.39, 0.29) is 29.6 Å². The Labute approximate surface area is 187 Å². The lowest BCUT2D eigenvalue weighted by molar-refractivity contribution is -0.209. The van der Waals surface area contributed by atoms with E-state index in [1.165, 1.54) is 6.42 Å². The zero-order valence-electron chi connectivity index (χ0n) is 19.7. The lowest BCUT2D eigenvalue weighted by Gasteiger charge is -2.63. The van der Waals surface area contributed by atoms with E-state index >= 15 is 0 Å². The summed E-state index contributed by atoms with van der Waals surface area (Å²) in [6.07, 6.45) is 9.53. The lowest BCUT2D eigenvalue weighted by Crippen LogP contribution is -2.62. The van der Waals surface area contributed by atoms with Gasteiger partial charge in [-0.25, -0.2) is 4.79 Å². The van der Waals surface area contributed by atoms with Gasteiger partial charge in [0.15, 0.2) is 0 Å². The summed E-state index contributed by atoms with van der Waals surface area (Å²) in [4.78, 5) is 12.3. The number of hydrogen-bond acceptors (Lipinski definition) is 5. The van der Waals surface area contributed by atoms with Crippen LogP contribution in [0.1, 0.15) is 85.0 Å². The third-order valence-electron chi connectivity index (χ3n) is 10.6. The van der Waals surface area contributed by atoms with Gasteiger partial charge in [-0.2, -0.15) is 0 Å². The minimum absolute atomic E-state index is 0.0347. The normalized spacial score (nSPS) is 47.6. The quantitative estimate of drug-likeness (QED) is 0.527. The number of nitrogens with two attached hydrogens (primary N) is 1. The van der Waals surface area contributed by atoms with Crippen molar-refractivity contribution in [1.29, 1.82) is 0 Å². The molecule has 4 rings (SSSR count). The van der Waals surface area contributed by atoms with E-state index < -0.39 is 11.7 Å². The number of fused-ring (bicyclic) bond motifs is 5. The number of rotatable bonds is 5. The number of aliphatic hydroxyl groups is 2. The van der Waals surface area contributed by atoms with Gasteiger partial charge in [0.25, 0.3) is 0 Å². The number of amides is 1. The number of nitrogens with one attached hydrogen (secondary N) is 1. The summed E-state index contributed by atoms with van der Waals surface area (Å²) < 4.78 is 5.76. The molecule has 0 heterocycles. The Morgan fingerprint density at radius 1 is 1.13 bits per heavy atom. The highest BCUT2D eigenvalue weighted by Crippen LogP contribution is 2.68. The van der Waals surface area contributed by atoms with E-state index in [0.717, 1.165) is 51.4 Å². The molecule has 6 nitrogen and oxygen atoms in total. The van der Waals surface area contributed by atoms with Gasteiger partial charge >= 0.3 is 6.09 Å². The van der Waals surface area contributed by atoms with Crippen molar-refractivity contribution in [1.82, 2.24) is 5.32 Å². The predicted molar refractivity (Wildman–Crippen MR) is 120 cm³/mol. The lowest BCUT2D eigenvalue weighted by atomic mass is 9.43. The maximum atomic E-state index is 12.3. The van der Waals surface area contributed by atoms with Crippen molar-refractivity contribution in [3.05, 3.63) is 0 Å². The molecule has 5 N–H and O–H groups in total. The van der Waals surface area contributed by atoms with Gasteiger partial charge in [0.2, 0.25) is 0 Å². The van der Waals surface area contributed by atoms with Crippen LogP contribution in [0.15, 0.2) is 0 Å². The smallest absolute Gasteiger partial charge is 0.407 e. The van der Waals surface area contributed by atoms with Crippen molar-refractivity contribution < 1.29 is 19.7 Å². The molecule has 4 aliphatic carbocycles. The standard InChI is InChI=1S/C25H44N2O4/c1-4-18(15-28)27-22(29)31-19-8-10-23(2)16(13-19)5-6-21-20(23)9-11-24(3)17(14-26)7-12-25(21,24)30/h16-21,28,30H,4-15,26H2,1-3H3,(H,27,29)/t16-,17-,18-,19+,20+,21-,23+,24-,25+/m1/s1. The van der Waals surface area contributed by atoms with E-state index in [1.54, 1.807) is 0 Å². The Morgan fingerprint density at radius 2 is 1.90 bits per heavy atom. The topological polar surface area (TPSA) is 105 Å². The maximum absolute atomic E-state index is 12.3. The summed E-state index contributed by atoms with van der Waals surface area (Å²) in [5, 5.41) is 24.1. The zero-order chi connectivity index (χ0) is 22.4.